The molecular formula is C30H33FN6O3. The number of halogens is 1. The molecule has 6 rings (SSSR count). The number of ether oxygens (including phenoxy) is 2. The van der Waals surface area contributed by atoms with Gasteiger partial charge in [-0.2, -0.15) is 0 Å². The van der Waals surface area contributed by atoms with Gasteiger partial charge in [0, 0.05) is 49.7 Å². The molecule has 1 saturated heterocycles. The highest BCUT2D eigenvalue weighted by Crippen LogP contribution is 2.36. The van der Waals surface area contributed by atoms with Crippen LogP contribution in [0.25, 0.3) is 16.9 Å². The maximum Gasteiger partial charge on any atom is 0.254 e. The number of aromatic nitrogens is 3. The van der Waals surface area contributed by atoms with Crippen LogP contribution < -0.4 is 10.6 Å². The first-order chi connectivity index (χ1) is 19.4. The van der Waals surface area contributed by atoms with Gasteiger partial charge in [0.2, 0.25) is 0 Å². The molecule has 40 heavy (non-hydrogen) atoms. The van der Waals surface area contributed by atoms with Crippen molar-refractivity contribution in [1.29, 1.82) is 0 Å². The molecule has 2 aliphatic rings. The second-order valence-corrected chi connectivity index (χ2v) is 10.6. The Morgan fingerprint density at radius 3 is 2.85 bits per heavy atom. The smallest absolute Gasteiger partial charge is 0.254 e. The fraction of sp³-hybridized carbons (Fsp3) is 0.367. The molecule has 0 unspecified atom stereocenters. The van der Waals surface area contributed by atoms with E-state index in [-0.39, 0.29) is 23.9 Å². The third-order valence-corrected chi connectivity index (χ3v) is 7.46. The van der Waals surface area contributed by atoms with Crippen LogP contribution in [0.15, 0.2) is 48.8 Å². The van der Waals surface area contributed by atoms with E-state index in [9.17, 15) is 9.18 Å². The minimum atomic E-state index is -0.344. The van der Waals surface area contributed by atoms with Crippen molar-refractivity contribution in [2.24, 2.45) is 0 Å². The van der Waals surface area contributed by atoms with Crippen LogP contribution in [0.3, 0.4) is 0 Å². The fourth-order valence-electron chi connectivity index (χ4n) is 5.54. The SMILES string of the molecule is C[C@@H](OC1CCOCC1)c1ccc(Nc2ccc(-c3cnc4cc(F)ccn34)c3c2C(=O)NC3)nc1CN(C)C. The third kappa shape index (κ3) is 5.17. The maximum absolute atomic E-state index is 13.7. The van der Waals surface area contributed by atoms with Crippen LogP contribution in [0, 0.1) is 5.82 Å². The quantitative estimate of drug-likeness (QED) is 0.328. The van der Waals surface area contributed by atoms with Crippen molar-refractivity contribution in [3.8, 4) is 11.3 Å². The Balaban J connectivity index is 1.31. The molecule has 2 aliphatic heterocycles. The number of anilines is 2. The van der Waals surface area contributed by atoms with E-state index in [0.29, 0.717) is 35.8 Å². The fourth-order valence-corrected chi connectivity index (χ4v) is 5.54. The van der Waals surface area contributed by atoms with Crippen LogP contribution in [0.4, 0.5) is 15.9 Å². The number of hydrogen-bond donors (Lipinski definition) is 2. The lowest BCUT2D eigenvalue weighted by Gasteiger charge is -2.27. The van der Waals surface area contributed by atoms with E-state index in [1.807, 2.05) is 36.7 Å². The summed E-state index contributed by atoms with van der Waals surface area (Å²) in [7, 11) is 4.03. The summed E-state index contributed by atoms with van der Waals surface area (Å²) >= 11 is 0. The van der Waals surface area contributed by atoms with Gasteiger partial charge in [-0.3, -0.25) is 9.20 Å². The number of pyridine rings is 2. The van der Waals surface area contributed by atoms with E-state index in [2.05, 4.69) is 33.5 Å². The van der Waals surface area contributed by atoms with Gasteiger partial charge in [0.15, 0.2) is 0 Å². The average molecular weight is 545 g/mol. The van der Waals surface area contributed by atoms with Crippen LogP contribution in [0.1, 0.15) is 53.0 Å². The van der Waals surface area contributed by atoms with Crippen molar-refractivity contribution in [2.45, 2.75) is 45.1 Å². The monoisotopic (exact) mass is 544 g/mol. The van der Waals surface area contributed by atoms with E-state index in [1.54, 1.807) is 12.4 Å². The summed E-state index contributed by atoms with van der Waals surface area (Å²) in [6.07, 6.45) is 5.23. The standard InChI is InChI=1S/C30H33FN6O3/c1-18(40-20-9-12-39-13-10-20)21-5-7-27(35-25(21)17-36(2)3)34-24-6-4-22(23-15-33-30(38)29(23)24)26-16-32-28-14-19(31)8-11-37(26)28/h4-8,11,14,16,18,20H,9-10,12-13,15,17H2,1-3H3,(H,33,38)(H,34,35)/t18-/m1/s1. The number of amides is 1. The van der Waals surface area contributed by atoms with Gasteiger partial charge < -0.3 is 25.0 Å². The summed E-state index contributed by atoms with van der Waals surface area (Å²) < 4.78 is 27.4. The molecule has 4 aromatic rings. The number of rotatable bonds is 8. The van der Waals surface area contributed by atoms with E-state index in [1.165, 1.54) is 12.1 Å². The summed E-state index contributed by atoms with van der Waals surface area (Å²) in [6.45, 7) is 4.58. The first kappa shape index (κ1) is 26.4. The number of imidazole rings is 1. The van der Waals surface area contributed by atoms with Gasteiger partial charge >= 0.3 is 0 Å². The van der Waals surface area contributed by atoms with Gasteiger partial charge in [-0.25, -0.2) is 14.4 Å². The van der Waals surface area contributed by atoms with Crippen molar-refractivity contribution < 1.29 is 18.7 Å². The minimum Gasteiger partial charge on any atom is -0.381 e. The molecule has 0 radical (unpaired) electrons. The molecule has 1 aromatic carbocycles. The van der Waals surface area contributed by atoms with Crippen molar-refractivity contribution in [1.82, 2.24) is 24.6 Å². The Morgan fingerprint density at radius 2 is 2.05 bits per heavy atom. The highest BCUT2D eigenvalue weighted by molar-refractivity contribution is 6.06. The van der Waals surface area contributed by atoms with Crippen molar-refractivity contribution in [3.63, 3.8) is 0 Å². The molecule has 2 N–H and O–H groups in total. The molecule has 5 heterocycles. The zero-order chi connectivity index (χ0) is 27.8. The number of carbonyl (C=O) groups excluding carboxylic acids is 1. The first-order valence-electron chi connectivity index (χ1n) is 13.6. The maximum atomic E-state index is 13.7. The predicted octanol–water partition coefficient (Wildman–Crippen LogP) is 4.84. The Morgan fingerprint density at radius 1 is 1.23 bits per heavy atom. The van der Waals surface area contributed by atoms with Crippen molar-refractivity contribution in [3.05, 3.63) is 77.0 Å². The Kier molecular flexibility index (Phi) is 7.22. The van der Waals surface area contributed by atoms with Crippen LogP contribution in [-0.4, -0.2) is 58.6 Å². The summed E-state index contributed by atoms with van der Waals surface area (Å²) in [4.78, 5) is 24.4. The average Bonchev–Trinajstić information content (AvgIpc) is 3.53. The molecule has 1 fully saturated rings. The van der Waals surface area contributed by atoms with Crippen LogP contribution in [0.5, 0.6) is 0 Å². The molecule has 0 bridgehead atoms. The Hall–Kier alpha value is -3.86. The normalized spacial score (nSPS) is 16.4. The van der Waals surface area contributed by atoms with E-state index < -0.39 is 0 Å². The van der Waals surface area contributed by atoms with Gasteiger partial charge in [-0.15, -0.1) is 0 Å². The number of nitrogens with zero attached hydrogens (tertiary/aromatic N) is 4. The molecule has 9 nitrogen and oxygen atoms in total. The number of hydrogen-bond acceptors (Lipinski definition) is 7. The number of fused-ring (bicyclic) bond motifs is 2. The van der Waals surface area contributed by atoms with Crippen LogP contribution in [-0.2, 0) is 22.6 Å². The highest BCUT2D eigenvalue weighted by Gasteiger charge is 2.28. The topological polar surface area (TPSA) is 93.0 Å². The number of benzene rings is 1. The van der Waals surface area contributed by atoms with Crippen molar-refractivity contribution in [2.75, 3.05) is 32.6 Å². The summed E-state index contributed by atoms with van der Waals surface area (Å²) in [5.74, 6) is 0.157. The minimum absolute atomic E-state index is 0.104. The lowest BCUT2D eigenvalue weighted by Crippen LogP contribution is -2.25. The molecule has 0 saturated carbocycles. The van der Waals surface area contributed by atoms with Crippen LogP contribution >= 0.6 is 0 Å². The highest BCUT2D eigenvalue weighted by atomic mass is 19.1. The van der Waals surface area contributed by atoms with E-state index in [4.69, 9.17) is 14.5 Å². The van der Waals surface area contributed by atoms with Gasteiger partial charge in [0.25, 0.3) is 5.91 Å². The number of nitrogens with one attached hydrogen (secondary N) is 2. The summed E-state index contributed by atoms with van der Waals surface area (Å²) in [5, 5.41) is 6.34. The molecule has 0 aliphatic carbocycles. The molecule has 1 atom stereocenters. The molecule has 1 amide bonds. The first-order valence-corrected chi connectivity index (χ1v) is 13.6. The second kappa shape index (κ2) is 11.0. The zero-order valence-electron chi connectivity index (χ0n) is 22.9. The van der Waals surface area contributed by atoms with E-state index in [0.717, 1.165) is 54.1 Å². The zero-order valence-corrected chi connectivity index (χ0v) is 22.9. The third-order valence-electron chi connectivity index (χ3n) is 7.46. The number of carbonyl (C=O) groups is 1. The van der Waals surface area contributed by atoms with Gasteiger partial charge in [0.1, 0.15) is 17.3 Å². The lowest BCUT2D eigenvalue weighted by molar-refractivity contribution is -0.0640. The molecule has 3 aromatic heterocycles. The Bertz CT molecular complexity index is 1560. The Labute approximate surface area is 232 Å². The van der Waals surface area contributed by atoms with Gasteiger partial charge in [0.05, 0.1) is 41.0 Å². The molecule has 208 valence electrons. The summed E-state index contributed by atoms with van der Waals surface area (Å²) in [5.41, 5.74) is 6.26. The lowest BCUT2D eigenvalue weighted by atomic mass is 9.99. The molecule has 10 heteroatoms. The van der Waals surface area contributed by atoms with Crippen molar-refractivity contribution >= 4 is 23.1 Å². The van der Waals surface area contributed by atoms with Gasteiger partial charge in [-0.05, 0) is 57.6 Å². The second-order valence-electron chi connectivity index (χ2n) is 10.6. The largest absolute Gasteiger partial charge is 0.381 e. The molecular weight excluding hydrogens is 511 g/mol. The summed E-state index contributed by atoms with van der Waals surface area (Å²) in [6, 6.07) is 10.6. The predicted molar refractivity (Wildman–Crippen MR) is 150 cm³/mol. The van der Waals surface area contributed by atoms with Crippen LogP contribution in [0.2, 0.25) is 0 Å². The van der Waals surface area contributed by atoms with E-state index >= 15 is 0 Å². The molecule has 0 spiro atoms. The van der Waals surface area contributed by atoms with Gasteiger partial charge in [-0.1, -0.05) is 12.1 Å².